The third-order valence-electron chi connectivity index (χ3n) is 2.60. The largest absolute Gasteiger partial charge is 0.391 e. The molecule has 0 bridgehead atoms. The van der Waals surface area contributed by atoms with Gasteiger partial charge in [-0.05, 0) is 0 Å². The molecule has 3 rings (SSSR count). The molecule has 0 saturated carbocycles. The normalized spacial score (nSPS) is 24.5. The molecule has 0 radical (unpaired) electrons. The predicted octanol–water partition coefficient (Wildman–Crippen LogP) is -0.887. The molecule has 2 aromatic rings. The molecule has 90 valence electrons. The van der Waals surface area contributed by atoms with Gasteiger partial charge in [0.2, 0.25) is 5.95 Å². The monoisotopic (exact) mass is 237 g/mol. The quantitative estimate of drug-likeness (QED) is 0.697. The molecule has 1 aliphatic rings. The van der Waals surface area contributed by atoms with Gasteiger partial charge in [0, 0.05) is 5.56 Å². The second-order valence-corrected chi connectivity index (χ2v) is 3.64. The SMILES string of the molecule is Nc1ncnc2c([C@H]3CO[C@@H](CO)O3)cnn12. The van der Waals surface area contributed by atoms with Crippen molar-refractivity contribution in [1.29, 1.82) is 0 Å². The Balaban J connectivity index is 1.99. The van der Waals surface area contributed by atoms with Crippen molar-refractivity contribution >= 4 is 11.6 Å². The average molecular weight is 237 g/mol. The number of hydrogen-bond donors (Lipinski definition) is 2. The zero-order chi connectivity index (χ0) is 11.8. The van der Waals surface area contributed by atoms with Crippen LogP contribution in [0.5, 0.6) is 0 Å². The lowest BCUT2D eigenvalue weighted by atomic mass is 10.2. The standard InChI is InChI=1S/C9H11N5O3/c10-9-12-4-11-8-5(1-13-14(8)9)6-3-16-7(2-15)17-6/h1,4,6-7,15H,2-3H2,(H2,10,11,12)/t6-,7-/m1/s1. The van der Waals surface area contributed by atoms with Gasteiger partial charge in [-0.3, -0.25) is 0 Å². The van der Waals surface area contributed by atoms with Crippen LogP contribution in [0.4, 0.5) is 5.95 Å². The van der Waals surface area contributed by atoms with E-state index in [2.05, 4.69) is 15.1 Å². The van der Waals surface area contributed by atoms with E-state index in [0.29, 0.717) is 12.3 Å². The van der Waals surface area contributed by atoms with Crippen molar-refractivity contribution in [2.24, 2.45) is 0 Å². The average Bonchev–Trinajstić information content (AvgIpc) is 2.94. The number of ether oxygens (including phenoxy) is 2. The highest BCUT2D eigenvalue weighted by molar-refractivity contribution is 5.50. The molecule has 2 atom stereocenters. The number of nitrogen functional groups attached to an aromatic ring is 1. The van der Waals surface area contributed by atoms with Gasteiger partial charge in [0.05, 0.1) is 19.4 Å². The Morgan fingerprint density at radius 2 is 2.41 bits per heavy atom. The van der Waals surface area contributed by atoms with Gasteiger partial charge in [-0.25, -0.2) is 9.97 Å². The molecule has 8 heteroatoms. The molecule has 0 aliphatic carbocycles. The Hall–Kier alpha value is -1.77. The lowest BCUT2D eigenvalue weighted by molar-refractivity contribution is -0.0880. The highest BCUT2D eigenvalue weighted by Gasteiger charge is 2.29. The van der Waals surface area contributed by atoms with Crippen molar-refractivity contribution in [3.8, 4) is 0 Å². The van der Waals surface area contributed by atoms with Crippen LogP contribution in [0.2, 0.25) is 0 Å². The highest BCUT2D eigenvalue weighted by atomic mass is 16.7. The molecule has 8 nitrogen and oxygen atoms in total. The Bertz CT molecular complexity index is 542. The van der Waals surface area contributed by atoms with Crippen molar-refractivity contribution < 1.29 is 14.6 Å². The molecule has 0 amide bonds. The summed E-state index contributed by atoms with van der Waals surface area (Å²) in [4.78, 5) is 7.94. The van der Waals surface area contributed by atoms with E-state index >= 15 is 0 Å². The van der Waals surface area contributed by atoms with Crippen molar-refractivity contribution in [2.75, 3.05) is 18.9 Å². The van der Waals surface area contributed by atoms with Crippen molar-refractivity contribution in [2.45, 2.75) is 12.4 Å². The van der Waals surface area contributed by atoms with E-state index in [4.69, 9.17) is 20.3 Å². The number of fused-ring (bicyclic) bond motifs is 1. The summed E-state index contributed by atoms with van der Waals surface area (Å²) in [6.07, 6.45) is 2.11. The van der Waals surface area contributed by atoms with Gasteiger partial charge < -0.3 is 20.3 Å². The van der Waals surface area contributed by atoms with E-state index in [0.717, 1.165) is 5.56 Å². The first-order chi connectivity index (χ1) is 8.29. The van der Waals surface area contributed by atoms with E-state index in [9.17, 15) is 0 Å². The first-order valence-corrected chi connectivity index (χ1v) is 5.11. The van der Waals surface area contributed by atoms with E-state index in [1.165, 1.54) is 10.8 Å². The Morgan fingerprint density at radius 3 is 3.18 bits per heavy atom. The minimum atomic E-state index is -0.589. The number of anilines is 1. The second-order valence-electron chi connectivity index (χ2n) is 3.64. The summed E-state index contributed by atoms with van der Waals surface area (Å²) in [7, 11) is 0. The topological polar surface area (TPSA) is 108 Å². The lowest BCUT2D eigenvalue weighted by Crippen LogP contribution is -2.12. The Labute approximate surface area is 96.0 Å². The number of aliphatic hydroxyl groups is 1. The van der Waals surface area contributed by atoms with Gasteiger partial charge in [0.15, 0.2) is 11.9 Å². The highest BCUT2D eigenvalue weighted by Crippen LogP contribution is 2.28. The summed E-state index contributed by atoms with van der Waals surface area (Å²) in [5, 5.41) is 13.0. The number of nitrogens with two attached hydrogens (primary N) is 1. The van der Waals surface area contributed by atoms with Crippen LogP contribution in [0.1, 0.15) is 11.7 Å². The molecular formula is C9H11N5O3. The van der Waals surface area contributed by atoms with E-state index in [1.54, 1.807) is 6.20 Å². The maximum absolute atomic E-state index is 8.92. The summed E-state index contributed by atoms with van der Waals surface area (Å²) < 4.78 is 12.1. The van der Waals surface area contributed by atoms with Crippen LogP contribution < -0.4 is 5.73 Å². The second kappa shape index (κ2) is 3.91. The van der Waals surface area contributed by atoms with Crippen molar-refractivity contribution in [3.63, 3.8) is 0 Å². The van der Waals surface area contributed by atoms with Gasteiger partial charge >= 0.3 is 0 Å². The number of hydrogen-bond acceptors (Lipinski definition) is 7. The first kappa shape index (κ1) is 10.4. The van der Waals surface area contributed by atoms with Gasteiger partial charge in [-0.1, -0.05) is 0 Å². The van der Waals surface area contributed by atoms with Crippen LogP contribution in [0.25, 0.3) is 5.65 Å². The number of aliphatic hydroxyl groups excluding tert-OH is 1. The smallest absolute Gasteiger partial charge is 0.224 e. The fraction of sp³-hybridized carbons (Fsp3) is 0.444. The fourth-order valence-electron chi connectivity index (χ4n) is 1.79. The number of rotatable bonds is 2. The van der Waals surface area contributed by atoms with Crippen LogP contribution in [-0.4, -0.2) is 44.2 Å². The minimum absolute atomic E-state index is 0.174. The summed E-state index contributed by atoms with van der Waals surface area (Å²) >= 11 is 0. The zero-order valence-electron chi connectivity index (χ0n) is 8.85. The van der Waals surface area contributed by atoms with E-state index in [-0.39, 0.29) is 18.7 Å². The molecule has 3 heterocycles. The molecule has 1 fully saturated rings. The molecule has 3 N–H and O–H groups in total. The molecule has 0 unspecified atom stereocenters. The summed E-state index contributed by atoms with van der Waals surface area (Å²) in [6, 6.07) is 0. The number of nitrogens with zero attached hydrogens (tertiary/aromatic N) is 4. The summed E-state index contributed by atoms with van der Waals surface area (Å²) in [6.45, 7) is 0.184. The summed E-state index contributed by atoms with van der Waals surface area (Å²) in [5.41, 5.74) is 7.02. The maximum atomic E-state index is 8.92. The molecule has 0 aromatic carbocycles. The lowest BCUT2D eigenvalue weighted by Gasteiger charge is -2.07. The fourth-order valence-corrected chi connectivity index (χ4v) is 1.79. The maximum Gasteiger partial charge on any atom is 0.224 e. The van der Waals surface area contributed by atoms with Crippen LogP contribution in [-0.2, 0) is 9.47 Å². The molecular weight excluding hydrogens is 226 g/mol. The molecule has 2 aromatic heterocycles. The Morgan fingerprint density at radius 1 is 1.53 bits per heavy atom. The zero-order valence-corrected chi connectivity index (χ0v) is 8.85. The minimum Gasteiger partial charge on any atom is -0.391 e. The summed E-state index contributed by atoms with van der Waals surface area (Å²) in [5.74, 6) is 0.263. The van der Waals surface area contributed by atoms with Gasteiger partial charge in [-0.2, -0.15) is 9.61 Å². The van der Waals surface area contributed by atoms with Gasteiger partial charge in [0.1, 0.15) is 12.4 Å². The molecule has 17 heavy (non-hydrogen) atoms. The number of aromatic nitrogens is 4. The van der Waals surface area contributed by atoms with E-state index in [1.807, 2.05) is 0 Å². The van der Waals surface area contributed by atoms with Gasteiger partial charge in [0.25, 0.3) is 0 Å². The molecule has 1 aliphatic heterocycles. The van der Waals surface area contributed by atoms with Gasteiger partial charge in [-0.15, -0.1) is 0 Å². The Kier molecular flexibility index (Phi) is 2.39. The third-order valence-corrected chi connectivity index (χ3v) is 2.60. The van der Waals surface area contributed by atoms with Crippen LogP contribution >= 0.6 is 0 Å². The first-order valence-electron chi connectivity index (χ1n) is 5.11. The predicted molar refractivity (Wildman–Crippen MR) is 55.8 cm³/mol. The van der Waals surface area contributed by atoms with Crippen LogP contribution in [0.3, 0.4) is 0 Å². The van der Waals surface area contributed by atoms with E-state index < -0.39 is 6.29 Å². The molecule has 0 spiro atoms. The van der Waals surface area contributed by atoms with Crippen LogP contribution in [0.15, 0.2) is 12.5 Å². The van der Waals surface area contributed by atoms with Crippen LogP contribution in [0, 0.1) is 0 Å². The van der Waals surface area contributed by atoms with Crippen molar-refractivity contribution in [3.05, 3.63) is 18.1 Å². The van der Waals surface area contributed by atoms with Crippen molar-refractivity contribution in [1.82, 2.24) is 19.6 Å². The third kappa shape index (κ3) is 1.62. The molecule has 1 saturated heterocycles.